The molecule has 2 heterocycles. The summed E-state index contributed by atoms with van der Waals surface area (Å²) >= 11 is 0. The van der Waals surface area contributed by atoms with Crippen LogP contribution in [0.1, 0.15) is 19.8 Å². The minimum atomic E-state index is -0.553. The van der Waals surface area contributed by atoms with Crippen molar-refractivity contribution in [2.75, 3.05) is 11.9 Å². The zero-order chi connectivity index (χ0) is 11.6. The van der Waals surface area contributed by atoms with Gasteiger partial charge in [-0.3, -0.25) is 4.79 Å². The van der Waals surface area contributed by atoms with Gasteiger partial charge in [-0.25, -0.2) is 4.98 Å². The van der Waals surface area contributed by atoms with Crippen LogP contribution < -0.4 is 10.6 Å². The molecule has 0 bridgehead atoms. The molecule has 0 aliphatic carbocycles. The quantitative estimate of drug-likeness (QED) is 0.743. The van der Waals surface area contributed by atoms with Gasteiger partial charge in [-0.05, 0) is 38.4 Å². The van der Waals surface area contributed by atoms with Crippen molar-refractivity contribution < 1.29 is 9.18 Å². The summed E-state index contributed by atoms with van der Waals surface area (Å²) in [6, 6.07) is 2.72. The molecule has 1 aromatic rings. The number of halogens is 1. The molecule has 4 nitrogen and oxygen atoms in total. The number of anilines is 1. The molecule has 1 aliphatic rings. The second kappa shape index (κ2) is 4.17. The van der Waals surface area contributed by atoms with Gasteiger partial charge in [-0.1, -0.05) is 0 Å². The lowest BCUT2D eigenvalue weighted by atomic mass is 9.99. The number of amides is 1. The van der Waals surface area contributed by atoms with E-state index in [4.69, 9.17) is 0 Å². The van der Waals surface area contributed by atoms with Gasteiger partial charge in [-0.2, -0.15) is 4.39 Å². The van der Waals surface area contributed by atoms with E-state index in [2.05, 4.69) is 15.6 Å². The van der Waals surface area contributed by atoms with Crippen molar-refractivity contribution in [1.29, 1.82) is 0 Å². The highest BCUT2D eigenvalue weighted by molar-refractivity contribution is 5.97. The maximum atomic E-state index is 12.6. The summed E-state index contributed by atoms with van der Waals surface area (Å²) in [7, 11) is 0. The Hall–Kier alpha value is -1.49. The molecule has 1 fully saturated rings. The number of nitrogens with one attached hydrogen (secondary N) is 2. The van der Waals surface area contributed by atoms with Crippen LogP contribution in [0.15, 0.2) is 18.3 Å². The Balaban J connectivity index is 2.04. The van der Waals surface area contributed by atoms with E-state index in [-0.39, 0.29) is 5.91 Å². The molecule has 1 amide bonds. The maximum absolute atomic E-state index is 12.6. The zero-order valence-electron chi connectivity index (χ0n) is 9.09. The van der Waals surface area contributed by atoms with Crippen LogP contribution in [0.5, 0.6) is 0 Å². The number of hydrogen-bond donors (Lipinski definition) is 2. The fourth-order valence-electron chi connectivity index (χ4n) is 1.81. The van der Waals surface area contributed by atoms with Crippen molar-refractivity contribution in [1.82, 2.24) is 10.3 Å². The van der Waals surface area contributed by atoms with E-state index in [0.29, 0.717) is 5.69 Å². The molecule has 0 aromatic carbocycles. The number of nitrogens with zero attached hydrogens (tertiary/aromatic N) is 1. The van der Waals surface area contributed by atoms with E-state index in [0.717, 1.165) is 19.4 Å². The van der Waals surface area contributed by atoms with Crippen LogP contribution in [0.3, 0.4) is 0 Å². The lowest BCUT2D eigenvalue weighted by Gasteiger charge is -2.22. The molecule has 0 spiro atoms. The van der Waals surface area contributed by atoms with E-state index < -0.39 is 11.5 Å². The number of aromatic nitrogens is 1. The molecule has 2 rings (SSSR count). The highest BCUT2D eigenvalue weighted by Gasteiger charge is 2.35. The Morgan fingerprint density at radius 3 is 3.00 bits per heavy atom. The van der Waals surface area contributed by atoms with E-state index in [1.54, 1.807) is 0 Å². The van der Waals surface area contributed by atoms with Gasteiger partial charge >= 0.3 is 0 Å². The number of carbonyl (C=O) groups is 1. The predicted molar refractivity (Wildman–Crippen MR) is 58.5 cm³/mol. The fourth-order valence-corrected chi connectivity index (χ4v) is 1.81. The van der Waals surface area contributed by atoms with Gasteiger partial charge in [0.25, 0.3) is 0 Å². The minimum absolute atomic E-state index is 0.0987. The minimum Gasteiger partial charge on any atom is -0.323 e. The summed E-state index contributed by atoms with van der Waals surface area (Å²) < 4.78 is 12.6. The van der Waals surface area contributed by atoms with Gasteiger partial charge in [0.05, 0.1) is 17.4 Å². The normalized spacial score (nSPS) is 24.4. The number of hydrogen-bond acceptors (Lipinski definition) is 3. The van der Waals surface area contributed by atoms with E-state index in [1.165, 1.54) is 18.3 Å². The first-order chi connectivity index (χ1) is 7.60. The van der Waals surface area contributed by atoms with Crippen LogP contribution in [-0.2, 0) is 4.79 Å². The Morgan fingerprint density at radius 2 is 2.44 bits per heavy atom. The lowest BCUT2D eigenvalue weighted by molar-refractivity contribution is -0.121. The average Bonchev–Trinajstić information content (AvgIpc) is 2.70. The van der Waals surface area contributed by atoms with Crippen LogP contribution in [-0.4, -0.2) is 23.0 Å². The summed E-state index contributed by atoms with van der Waals surface area (Å²) in [5, 5.41) is 5.88. The second-order valence-corrected chi connectivity index (χ2v) is 4.19. The van der Waals surface area contributed by atoms with Gasteiger partial charge in [0.2, 0.25) is 11.9 Å². The maximum Gasteiger partial charge on any atom is 0.244 e. The van der Waals surface area contributed by atoms with Gasteiger partial charge in [0.15, 0.2) is 0 Å². The van der Waals surface area contributed by atoms with Crippen molar-refractivity contribution >= 4 is 11.6 Å². The fraction of sp³-hybridized carbons (Fsp3) is 0.455. The Morgan fingerprint density at radius 1 is 1.62 bits per heavy atom. The Kier molecular flexibility index (Phi) is 2.87. The standard InChI is InChI=1S/C11H14FN3O/c1-11(5-2-6-14-11)10(16)15-8-3-4-9(12)13-7-8/h3-4,7,14H,2,5-6H2,1H3,(H,15,16)/t11-/m0/s1. The molecule has 0 saturated carbocycles. The molecule has 2 N–H and O–H groups in total. The molecule has 1 aliphatic heterocycles. The third-order valence-electron chi connectivity index (χ3n) is 2.86. The number of rotatable bonds is 2. The van der Waals surface area contributed by atoms with Crippen molar-refractivity contribution in [2.45, 2.75) is 25.3 Å². The topological polar surface area (TPSA) is 54.0 Å². The van der Waals surface area contributed by atoms with Gasteiger partial charge in [0, 0.05) is 0 Å². The molecule has 5 heteroatoms. The third kappa shape index (κ3) is 2.19. The summed E-state index contributed by atoms with van der Waals surface area (Å²) in [4.78, 5) is 15.4. The monoisotopic (exact) mass is 223 g/mol. The average molecular weight is 223 g/mol. The second-order valence-electron chi connectivity index (χ2n) is 4.19. The molecular formula is C11H14FN3O. The highest BCUT2D eigenvalue weighted by Crippen LogP contribution is 2.20. The SMILES string of the molecule is C[C@@]1(C(=O)Nc2ccc(F)nc2)CCCN1. The first-order valence-electron chi connectivity index (χ1n) is 5.28. The molecule has 86 valence electrons. The van der Waals surface area contributed by atoms with Gasteiger partial charge in [0.1, 0.15) is 0 Å². The van der Waals surface area contributed by atoms with Crippen LogP contribution in [0, 0.1) is 5.95 Å². The molecular weight excluding hydrogens is 209 g/mol. The summed E-state index contributed by atoms with van der Waals surface area (Å²) in [5.74, 6) is -0.651. The third-order valence-corrected chi connectivity index (χ3v) is 2.86. The lowest BCUT2D eigenvalue weighted by Crippen LogP contribution is -2.47. The summed E-state index contributed by atoms with van der Waals surface area (Å²) in [6.45, 7) is 2.72. The largest absolute Gasteiger partial charge is 0.323 e. The molecule has 16 heavy (non-hydrogen) atoms. The molecule has 0 radical (unpaired) electrons. The van der Waals surface area contributed by atoms with Crippen molar-refractivity contribution in [3.8, 4) is 0 Å². The van der Waals surface area contributed by atoms with Crippen LogP contribution in [0.4, 0.5) is 10.1 Å². The first-order valence-corrected chi connectivity index (χ1v) is 5.28. The van der Waals surface area contributed by atoms with Gasteiger partial charge in [-0.15, -0.1) is 0 Å². The molecule has 0 unspecified atom stereocenters. The number of pyridine rings is 1. The Labute approximate surface area is 93.3 Å². The highest BCUT2D eigenvalue weighted by atomic mass is 19.1. The van der Waals surface area contributed by atoms with E-state index in [1.807, 2.05) is 6.92 Å². The summed E-state index contributed by atoms with van der Waals surface area (Å²) in [6.07, 6.45) is 3.12. The molecule has 1 aromatic heterocycles. The molecule has 1 atom stereocenters. The van der Waals surface area contributed by atoms with E-state index in [9.17, 15) is 9.18 Å². The van der Waals surface area contributed by atoms with Crippen molar-refractivity contribution in [3.05, 3.63) is 24.3 Å². The zero-order valence-corrected chi connectivity index (χ0v) is 9.09. The van der Waals surface area contributed by atoms with Crippen molar-refractivity contribution in [3.63, 3.8) is 0 Å². The van der Waals surface area contributed by atoms with Crippen molar-refractivity contribution in [2.24, 2.45) is 0 Å². The summed E-state index contributed by atoms with van der Waals surface area (Å²) in [5.41, 5.74) is -0.00434. The first kappa shape index (κ1) is 11.0. The van der Waals surface area contributed by atoms with Crippen LogP contribution in [0.2, 0.25) is 0 Å². The molecule has 1 saturated heterocycles. The van der Waals surface area contributed by atoms with Crippen LogP contribution >= 0.6 is 0 Å². The van der Waals surface area contributed by atoms with Crippen LogP contribution in [0.25, 0.3) is 0 Å². The predicted octanol–water partition coefficient (Wildman–Crippen LogP) is 1.30. The Bertz CT molecular complexity index is 385. The smallest absolute Gasteiger partial charge is 0.244 e. The number of carbonyl (C=O) groups excluding carboxylic acids is 1. The van der Waals surface area contributed by atoms with Gasteiger partial charge < -0.3 is 10.6 Å². The van der Waals surface area contributed by atoms with E-state index >= 15 is 0 Å².